The number of rotatable bonds is 4. The molecule has 0 aliphatic carbocycles. The van der Waals surface area contributed by atoms with E-state index in [1.54, 1.807) is 11.4 Å². The summed E-state index contributed by atoms with van der Waals surface area (Å²) in [6.45, 7) is 8.31. The first kappa shape index (κ1) is 14.7. The van der Waals surface area contributed by atoms with Crippen LogP contribution < -0.4 is 5.32 Å². The molecular weight excluding hydrogens is 278 g/mol. The average Bonchev–Trinajstić information content (AvgIpc) is 2.82. The molecule has 1 atom stereocenters. The highest BCUT2D eigenvalue weighted by molar-refractivity contribution is 5.93. The molecule has 0 fully saturated rings. The first-order chi connectivity index (χ1) is 10.5. The van der Waals surface area contributed by atoms with Crippen LogP contribution in [0.3, 0.4) is 0 Å². The van der Waals surface area contributed by atoms with E-state index in [1.807, 2.05) is 19.1 Å². The van der Waals surface area contributed by atoms with E-state index in [0.717, 1.165) is 40.2 Å². The molecule has 0 spiro atoms. The number of hydrogen-bond donors (Lipinski definition) is 2. The fraction of sp³-hybridized carbons (Fsp3) is 0.438. The number of aliphatic hydroxyl groups excluding tert-OH is 1. The molecule has 116 valence electrons. The van der Waals surface area contributed by atoms with Gasteiger partial charge >= 0.3 is 0 Å². The Bertz CT molecular complexity index is 838. The van der Waals surface area contributed by atoms with Gasteiger partial charge in [-0.2, -0.15) is 4.52 Å². The van der Waals surface area contributed by atoms with Crippen LogP contribution in [0, 0.1) is 13.8 Å². The number of nitrogens with zero attached hydrogens (tertiary/aromatic N) is 4. The van der Waals surface area contributed by atoms with Crippen molar-refractivity contribution in [3.8, 4) is 0 Å². The van der Waals surface area contributed by atoms with Gasteiger partial charge in [-0.15, -0.1) is 5.10 Å². The van der Waals surface area contributed by atoms with Crippen molar-refractivity contribution in [1.82, 2.24) is 19.6 Å². The Morgan fingerprint density at radius 2 is 2.05 bits per heavy atom. The molecule has 3 rings (SSSR count). The highest BCUT2D eigenvalue weighted by Gasteiger charge is 2.15. The smallest absolute Gasteiger partial charge is 0.184 e. The Hall–Kier alpha value is -2.21. The Balaban J connectivity index is 2.28. The summed E-state index contributed by atoms with van der Waals surface area (Å²) in [5.74, 6) is 0.831. The fourth-order valence-electron chi connectivity index (χ4n) is 2.63. The van der Waals surface area contributed by atoms with Crippen LogP contribution in [-0.2, 0) is 6.42 Å². The zero-order chi connectivity index (χ0) is 15.9. The summed E-state index contributed by atoms with van der Waals surface area (Å²) >= 11 is 0. The second-order valence-corrected chi connectivity index (χ2v) is 5.73. The van der Waals surface area contributed by atoms with Gasteiger partial charge in [0.15, 0.2) is 11.3 Å². The molecule has 0 aliphatic heterocycles. The van der Waals surface area contributed by atoms with Crippen LogP contribution in [0.5, 0.6) is 0 Å². The molecule has 3 heterocycles. The molecule has 22 heavy (non-hydrogen) atoms. The first-order valence-corrected chi connectivity index (χ1v) is 7.58. The van der Waals surface area contributed by atoms with Gasteiger partial charge in [-0.3, -0.25) is 0 Å². The molecule has 0 saturated carbocycles. The van der Waals surface area contributed by atoms with Gasteiger partial charge in [-0.1, -0.05) is 6.92 Å². The summed E-state index contributed by atoms with van der Waals surface area (Å²) in [5, 5.41) is 18.3. The van der Waals surface area contributed by atoms with Gasteiger partial charge in [0, 0.05) is 24.0 Å². The predicted molar refractivity (Wildman–Crippen MR) is 87.3 cm³/mol. The Kier molecular flexibility index (Phi) is 3.70. The number of anilines is 1. The van der Waals surface area contributed by atoms with Crippen molar-refractivity contribution < 1.29 is 5.11 Å². The highest BCUT2D eigenvalue weighted by Crippen LogP contribution is 2.24. The lowest BCUT2D eigenvalue weighted by Gasteiger charge is -2.11. The molecule has 6 nitrogen and oxygen atoms in total. The van der Waals surface area contributed by atoms with Crippen molar-refractivity contribution >= 4 is 22.5 Å². The van der Waals surface area contributed by atoms with Gasteiger partial charge < -0.3 is 10.4 Å². The van der Waals surface area contributed by atoms with E-state index in [4.69, 9.17) is 4.98 Å². The summed E-state index contributed by atoms with van der Waals surface area (Å²) in [6.07, 6.45) is 0.408. The Morgan fingerprint density at radius 1 is 1.27 bits per heavy atom. The Morgan fingerprint density at radius 3 is 2.73 bits per heavy atom. The number of aryl methyl sites for hydroxylation is 3. The highest BCUT2D eigenvalue weighted by atomic mass is 16.3. The van der Waals surface area contributed by atoms with Gasteiger partial charge in [-0.25, -0.2) is 9.97 Å². The van der Waals surface area contributed by atoms with E-state index in [1.165, 1.54) is 0 Å². The third-order valence-electron chi connectivity index (χ3n) is 3.67. The maximum Gasteiger partial charge on any atom is 0.184 e. The van der Waals surface area contributed by atoms with Crippen LogP contribution in [0.2, 0.25) is 0 Å². The van der Waals surface area contributed by atoms with Gasteiger partial charge in [-0.05, 0) is 38.8 Å². The quantitative estimate of drug-likeness (QED) is 0.773. The predicted octanol–water partition coefficient (Wildman–Crippen LogP) is 2.25. The number of aliphatic hydroxyl groups is 1. The summed E-state index contributed by atoms with van der Waals surface area (Å²) < 4.78 is 1.78. The second-order valence-electron chi connectivity index (χ2n) is 5.73. The van der Waals surface area contributed by atoms with Gasteiger partial charge in [0.25, 0.3) is 0 Å². The summed E-state index contributed by atoms with van der Waals surface area (Å²) in [6, 6.07) is 4.02. The van der Waals surface area contributed by atoms with Crippen molar-refractivity contribution in [3.63, 3.8) is 0 Å². The lowest BCUT2D eigenvalue weighted by atomic mass is 10.2. The molecular formula is C16H21N5O. The molecule has 0 unspecified atom stereocenters. The summed E-state index contributed by atoms with van der Waals surface area (Å²) in [4.78, 5) is 9.23. The SMILES string of the molecule is CCc1cc(NC[C@@H](C)O)n2nc3nc(C)cc(C)c3c2n1. The molecule has 0 amide bonds. The molecule has 3 aromatic heterocycles. The average molecular weight is 299 g/mol. The van der Waals surface area contributed by atoms with E-state index in [0.29, 0.717) is 12.2 Å². The van der Waals surface area contributed by atoms with Gasteiger partial charge in [0.05, 0.1) is 11.5 Å². The third kappa shape index (κ3) is 2.50. The number of hydrogen-bond acceptors (Lipinski definition) is 5. The van der Waals surface area contributed by atoms with Gasteiger partial charge in [0.1, 0.15) is 5.82 Å². The molecule has 2 N–H and O–H groups in total. The minimum Gasteiger partial charge on any atom is -0.392 e. The van der Waals surface area contributed by atoms with Crippen LogP contribution in [0.1, 0.15) is 30.8 Å². The summed E-state index contributed by atoms with van der Waals surface area (Å²) in [7, 11) is 0. The van der Waals surface area contributed by atoms with Gasteiger partial charge in [0.2, 0.25) is 0 Å². The molecule has 0 radical (unpaired) electrons. The van der Waals surface area contributed by atoms with Crippen LogP contribution in [0.25, 0.3) is 16.7 Å². The van der Waals surface area contributed by atoms with Crippen molar-refractivity contribution in [2.75, 3.05) is 11.9 Å². The zero-order valence-corrected chi connectivity index (χ0v) is 13.4. The molecule has 6 heteroatoms. The Labute approximate surface area is 129 Å². The van der Waals surface area contributed by atoms with Crippen molar-refractivity contribution in [2.45, 2.75) is 40.2 Å². The zero-order valence-electron chi connectivity index (χ0n) is 13.4. The second kappa shape index (κ2) is 5.53. The van der Waals surface area contributed by atoms with E-state index in [-0.39, 0.29) is 0 Å². The molecule has 3 aromatic rings. The van der Waals surface area contributed by atoms with E-state index < -0.39 is 6.10 Å². The minimum atomic E-state index is -0.430. The van der Waals surface area contributed by atoms with E-state index >= 15 is 0 Å². The molecule has 0 bridgehead atoms. The van der Waals surface area contributed by atoms with Crippen molar-refractivity contribution in [3.05, 3.63) is 29.1 Å². The largest absolute Gasteiger partial charge is 0.392 e. The minimum absolute atomic E-state index is 0.430. The number of nitrogens with one attached hydrogen (secondary N) is 1. The van der Waals surface area contributed by atoms with Crippen molar-refractivity contribution in [1.29, 1.82) is 0 Å². The van der Waals surface area contributed by atoms with Crippen LogP contribution in [-0.4, -0.2) is 37.3 Å². The maximum atomic E-state index is 9.51. The topological polar surface area (TPSA) is 75.3 Å². The lowest BCUT2D eigenvalue weighted by Crippen LogP contribution is -2.17. The normalized spacial score (nSPS) is 13.0. The molecule has 0 saturated heterocycles. The number of pyridine rings is 1. The maximum absolute atomic E-state index is 9.51. The molecule has 0 aromatic carbocycles. The van der Waals surface area contributed by atoms with Crippen LogP contribution >= 0.6 is 0 Å². The third-order valence-corrected chi connectivity index (χ3v) is 3.67. The summed E-state index contributed by atoms with van der Waals surface area (Å²) in [5.41, 5.74) is 4.58. The van der Waals surface area contributed by atoms with Crippen molar-refractivity contribution in [2.24, 2.45) is 0 Å². The molecule has 0 aliphatic rings. The monoisotopic (exact) mass is 299 g/mol. The van der Waals surface area contributed by atoms with E-state index in [9.17, 15) is 5.11 Å². The standard InChI is InChI=1S/C16H21N5O/c1-5-12-7-13(17-8-11(4)22)21-16(19-12)14-9(2)6-10(3)18-15(14)20-21/h6-7,11,17,22H,5,8H2,1-4H3/t11-/m1/s1. The first-order valence-electron chi connectivity index (χ1n) is 7.58. The van der Waals surface area contributed by atoms with Crippen LogP contribution in [0.15, 0.2) is 12.1 Å². The number of aromatic nitrogens is 4. The fourth-order valence-corrected chi connectivity index (χ4v) is 2.63. The lowest BCUT2D eigenvalue weighted by molar-refractivity contribution is 0.208. The number of fused-ring (bicyclic) bond motifs is 3. The van der Waals surface area contributed by atoms with Crippen LogP contribution in [0.4, 0.5) is 5.82 Å². The van der Waals surface area contributed by atoms with E-state index in [2.05, 4.69) is 29.2 Å².